The molecule has 0 aromatic rings. The molecule has 5 heteroatoms. The summed E-state index contributed by atoms with van der Waals surface area (Å²) in [5, 5.41) is 11.4. The fourth-order valence-electron chi connectivity index (χ4n) is 2.23. The Bertz CT molecular complexity index is 285. The highest BCUT2D eigenvalue weighted by molar-refractivity contribution is 5.86. The van der Waals surface area contributed by atoms with Gasteiger partial charge in [-0.15, -0.1) is 0 Å². The lowest BCUT2D eigenvalue weighted by Crippen LogP contribution is -2.53. The number of aliphatic carboxylic acids is 1. The quantitative estimate of drug-likeness (QED) is 0.648. The van der Waals surface area contributed by atoms with E-state index in [1.54, 1.807) is 0 Å². The zero-order chi connectivity index (χ0) is 12.9. The van der Waals surface area contributed by atoms with E-state index in [0.717, 1.165) is 25.7 Å². The van der Waals surface area contributed by atoms with Crippen LogP contribution in [0, 0.1) is 0 Å². The van der Waals surface area contributed by atoms with Gasteiger partial charge in [-0.25, -0.2) is 0 Å². The highest BCUT2D eigenvalue weighted by Crippen LogP contribution is 2.27. The van der Waals surface area contributed by atoms with Crippen LogP contribution in [0.4, 0.5) is 0 Å². The van der Waals surface area contributed by atoms with E-state index in [1.165, 1.54) is 0 Å². The normalized spacial score (nSPS) is 19.9. The lowest BCUT2D eigenvalue weighted by atomic mass is 9.97. The summed E-state index contributed by atoms with van der Waals surface area (Å²) in [5.74, 6) is -0.882. The zero-order valence-corrected chi connectivity index (χ0v) is 10.4. The van der Waals surface area contributed by atoms with Gasteiger partial charge >= 0.3 is 5.97 Å². The molecule has 5 nitrogen and oxygen atoms in total. The number of amides is 1. The number of nitrogens with two attached hydrogens (primary N) is 1. The molecule has 0 aromatic carbocycles. The minimum Gasteiger partial charge on any atom is -0.481 e. The van der Waals surface area contributed by atoms with Crippen LogP contribution in [0.1, 0.15) is 51.9 Å². The van der Waals surface area contributed by atoms with Crippen molar-refractivity contribution in [2.24, 2.45) is 5.73 Å². The van der Waals surface area contributed by atoms with Crippen molar-refractivity contribution in [2.45, 2.75) is 63.5 Å². The summed E-state index contributed by atoms with van der Waals surface area (Å²) in [6, 6.07) is -0.0112. The average Bonchev–Trinajstić information content (AvgIpc) is 2.66. The zero-order valence-electron chi connectivity index (χ0n) is 10.4. The Labute approximate surface area is 102 Å². The first-order chi connectivity index (χ1) is 7.94. The maximum Gasteiger partial charge on any atom is 0.303 e. The van der Waals surface area contributed by atoms with Gasteiger partial charge in [-0.3, -0.25) is 9.59 Å². The lowest BCUT2D eigenvalue weighted by Gasteiger charge is -2.25. The predicted octanol–water partition coefficient (Wildman–Crippen LogP) is 1.02. The first-order valence-electron chi connectivity index (χ1n) is 6.26. The number of carboxylic acids is 1. The lowest BCUT2D eigenvalue weighted by molar-refractivity contribution is -0.137. The van der Waals surface area contributed by atoms with E-state index < -0.39 is 11.5 Å². The van der Waals surface area contributed by atoms with Crippen molar-refractivity contribution in [1.82, 2.24) is 5.32 Å². The van der Waals surface area contributed by atoms with E-state index in [4.69, 9.17) is 10.8 Å². The second kappa shape index (κ2) is 6.00. The smallest absolute Gasteiger partial charge is 0.303 e. The van der Waals surface area contributed by atoms with Gasteiger partial charge in [0, 0.05) is 12.5 Å². The van der Waals surface area contributed by atoms with Crippen molar-refractivity contribution in [3.05, 3.63) is 0 Å². The first-order valence-corrected chi connectivity index (χ1v) is 6.26. The third kappa shape index (κ3) is 4.34. The third-order valence-corrected chi connectivity index (χ3v) is 3.35. The van der Waals surface area contributed by atoms with Crippen LogP contribution in [0.25, 0.3) is 0 Å². The Balaban J connectivity index is 2.28. The molecule has 1 rings (SSSR count). The molecule has 0 heterocycles. The largest absolute Gasteiger partial charge is 0.481 e. The molecule has 1 saturated carbocycles. The molecule has 4 N–H and O–H groups in total. The monoisotopic (exact) mass is 242 g/mol. The summed E-state index contributed by atoms with van der Waals surface area (Å²) in [5.41, 5.74) is 5.33. The molecule has 0 aliphatic heterocycles. The number of rotatable bonds is 6. The molecule has 1 aliphatic carbocycles. The fourth-order valence-corrected chi connectivity index (χ4v) is 2.23. The Morgan fingerprint density at radius 2 is 2.00 bits per heavy atom. The van der Waals surface area contributed by atoms with Crippen molar-refractivity contribution in [1.29, 1.82) is 0 Å². The number of carbonyl (C=O) groups is 2. The fraction of sp³-hybridized carbons (Fsp3) is 0.833. The molecule has 1 atom stereocenters. The van der Waals surface area contributed by atoms with Crippen LogP contribution in [0.15, 0.2) is 0 Å². The van der Waals surface area contributed by atoms with E-state index in [9.17, 15) is 9.59 Å². The molecule has 17 heavy (non-hydrogen) atoms. The summed E-state index contributed by atoms with van der Waals surface area (Å²) in [4.78, 5) is 22.3. The molecule has 98 valence electrons. The highest BCUT2D eigenvalue weighted by atomic mass is 16.4. The molecule has 0 bridgehead atoms. The van der Waals surface area contributed by atoms with Gasteiger partial charge in [-0.05, 0) is 32.6 Å². The SMILES string of the molecule is CC(CCCC(=O)O)NC(=O)C1(N)CCCC1. The van der Waals surface area contributed by atoms with Crippen molar-refractivity contribution >= 4 is 11.9 Å². The van der Waals surface area contributed by atoms with Gasteiger partial charge in [0.05, 0.1) is 5.54 Å². The number of carbonyl (C=O) groups excluding carboxylic acids is 1. The molecule has 0 spiro atoms. The number of nitrogens with one attached hydrogen (secondary N) is 1. The van der Waals surface area contributed by atoms with Crippen LogP contribution in [-0.4, -0.2) is 28.6 Å². The molecular weight excluding hydrogens is 220 g/mol. The van der Waals surface area contributed by atoms with E-state index in [-0.39, 0.29) is 18.4 Å². The van der Waals surface area contributed by atoms with Gasteiger partial charge < -0.3 is 16.2 Å². The van der Waals surface area contributed by atoms with Gasteiger partial charge in [0.2, 0.25) is 5.91 Å². The maximum atomic E-state index is 11.9. The van der Waals surface area contributed by atoms with Gasteiger partial charge in [0.1, 0.15) is 0 Å². The summed E-state index contributed by atoms with van der Waals surface area (Å²) in [6.45, 7) is 1.89. The topological polar surface area (TPSA) is 92.4 Å². The second-order valence-electron chi connectivity index (χ2n) is 5.02. The van der Waals surface area contributed by atoms with E-state index in [2.05, 4.69) is 5.32 Å². The Morgan fingerprint density at radius 3 is 2.53 bits per heavy atom. The molecule has 0 saturated heterocycles. The highest BCUT2D eigenvalue weighted by Gasteiger charge is 2.37. The molecular formula is C12H22N2O3. The third-order valence-electron chi connectivity index (χ3n) is 3.35. The van der Waals surface area contributed by atoms with Crippen LogP contribution in [0.3, 0.4) is 0 Å². The number of carboxylic acid groups (broad SMARTS) is 1. The average molecular weight is 242 g/mol. The minimum absolute atomic E-state index is 0.0112. The van der Waals surface area contributed by atoms with Gasteiger partial charge in [0.25, 0.3) is 0 Å². The Kier molecular flexibility index (Phi) is 4.93. The van der Waals surface area contributed by atoms with Crippen LogP contribution in [-0.2, 0) is 9.59 Å². The first kappa shape index (κ1) is 14.0. The molecule has 0 radical (unpaired) electrons. The predicted molar refractivity (Wildman–Crippen MR) is 64.5 cm³/mol. The molecule has 1 amide bonds. The number of hydrogen-bond donors (Lipinski definition) is 3. The van der Waals surface area contributed by atoms with Crippen molar-refractivity contribution in [2.75, 3.05) is 0 Å². The maximum absolute atomic E-state index is 11.9. The van der Waals surface area contributed by atoms with Gasteiger partial charge in [0.15, 0.2) is 0 Å². The Hall–Kier alpha value is -1.10. The van der Waals surface area contributed by atoms with Gasteiger partial charge in [-0.2, -0.15) is 0 Å². The van der Waals surface area contributed by atoms with Crippen molar-refractivity contribution in [3.8, 4) is 0 Å². The standard InChI is InChI=1S/C12H22N2O3/c1-9(5-4-6-10(15)16)14-11(17)12(13)7-2-3-8-12/h9H,2-8,13H2,1H3,(H,14,17)(H,15,16). The van der Waals surface area contributed by atoms with Gasteiger partial charge in [-0.1, -0.05) is 12.8 Å². The van der Waals surface area contributed by atoms with Crippen molar-refractivity contribution < 1.29 is 14.7 Å². The minimum atomic E-state index is -0.797. The summed E-state index contributed by atoms with van der Waals surface area (Å²) >= 11 is 0. The van der Waals surface area contributed by atoms with Crippen LogP contribution >= 0.6 is 0 Å². The molecule has 0 aromatic heterocycles. The van der Waals surface area contributed by atoms with E-state index in [0.29, 0.717) is 12.8 Å². The van der Waals surface area contributed by atoms with E-state index in [1.807, 2.05) is 6.92 Å². The van der Waals surface area contributed by atoms with Crippen LogP contribution in [0.5, 0.6) is 0 Å². The summed E-state index contributed by atoms with van der Waals surface area (Å²) in [7, 11) is 0. The Morgan fingerprint density at radius 1 is 1.41 bits per heavy atom. The second-order valence-corrected chi connectivity index (χ2v) is 5.02. The number of hydrogen-bond acceptors (Lipinski definition) is 3. The summed E-state index contributed by atoms with van der Waals surface area (Å²) < 4.78 is 0. The molecule has 1 unspecified atom stereocenters. The van der Waals surface area contributed by atoms with Crippen LogP contribution in [0.2, 0.25) is 0 Å². The van der Waals surface area contributed by atoms with E-state index >= 15 is 0 Å². The molecule has 1 fully saturated rings. The molecule has 1 aliphatic rings. The van der Waals surface area contributed by atoms with Crippen LogP contribution < -0.4 is 11.1 Å². The summed E-state index contributed by atoms with van der Waals surface area (Å²) in [6.07, 6.45) is 4.92. The van der Waals surface area contributed by atoms with Crippen molar-refractivity contribution in [3.63, 3.8) is 0 Å².